The first-order valence-corrected chi connectivity index (χ1v) is 8.17. The molecule has 0 unspecified atom stereocenters. The van der Waals surface area contributed by atoms with Gasteiger partial charge >= 0.3 is 0 Å². The number of hydrogen-bond acceptors (Lipinski definition) is 1. The fourth-order valence-electron chi connectivity index (χ4n) is 5.94. The summed E-state index contributed by atoms with van der Waals surface area (Å²) in [6.07, 6.45) is 10.8. The standard InChI is InChI=1S/C19H21N/c1-2-4-17-16(3-1)5-6-20-18(17)19-10-13-7-14(11-19)9-15(8-13)12-19/h1-6,13-15H,7-12H2. The van der Waals surface area contributed by atoms with Gasteiger partial charge in [0, 0.05) is 17.0 Å². The molecule has 4 aliphatic rings. The monoisotopic (exact) mass is 263 g/mol. The molecule has 1 aromatic heterocycles. The van der Waals surface area contributed by atoms with Crippen LogP contribution in [0.15, 0.2) is 36.5 Å². The van der Waals surface area contributed by atoms with E-state index in [0.717, 1.165) is 17.8 Å². The predicted molar refractivity (Wildman–Crippen MR) is 81.6 cm³/mol. The molecular weight excluding hydrogens is 242 g/mol. The number of pyridine rings is 1. The Kier molecular flexibility index (Phi) is 2.17. The highest BCUT2D eigenvalue weighted by molar-refractivity contribution is 5.85. The smallest absolute Gasteiger partial charge is 0.0543 e. The van der Waals surface area contributed by atoms with Crippen LogP contribution in [-0.4, -0.2) is 4.98 Å². The summed E-state index contributed by atoms with van der Waals surface area (Å²) in [6.45, 7) is 0. The van der Waals surface area contributed by atoms with Crippen LogP contribution in [0.3, 0.4) is 0 Å². The highest BCUT2D eigenvalue weighted by atomic mass is 14.7. The lowest BCUT2D eigenvalue weighted by atomic mass is 9.48. The van der Waals surface area contributed by atoms with Crippen molar-refractivity contribution in [2.24, 2.45) is 17.8 Å². The maximum atomic E-state index is 4.90. The molecule has 1 aromatic carbocycles. The van der Waals surface area contributed by atoms with E-state index in [1.165, 1.54) is 55.0 Å². The van der Waals surface area contributed by atoms with Gasteiger partial charge in [0.05, 0.1) is 5.69 Å². The van der Waals surface area contributed by atoms with Crippen LogP contribution >= 0.6 is 0 Å². The normalized spacial score (nSPS) is 38.5. The molecule has 102 valence electrons. The second kappa shape index (κ2) is 3.84. The van der Waals surface area contributed by atoms with Crippen LogP contribution in [0, 0.1) is 17.8 Å². The fraction of sp³-hybridized carbons (Fsp3) is 0.526. The SMILES string of the molecule is c1ccc2c(C34CC5CC(CC(C5)C3)C4)nccc2c1. The second-order valence-electron chi connectivity index (χ2n) is 7.58. The van der Waals surface area contributed by atoms with Crippen LogP contribution in [0.1, 0.15) is 44.2 Å². The number of nitrogens with zero attached hydrogens (tertiary/aromatic N) is 1. The van der Waals surface area contributed by atoms with Crippen molar-refractivity contribution in [2.75, 3.05) is 0 Å². The summed E-state index contributed by atoms with van der Waals surface area (Å²) in [7, 11) is 0. The van der Waals surface area contributed by atoms with Crippen molar-refractivity contribution < 1.29 is 0 Å². The Labute approximate surface area is 120 Å². The molecule has 0 atom stereocenters. The van der Waals surface area contributed by atoms with E-state index in [4.69, 9.17) is 4.98 Å². The van der Waals surface area contributed by atoms with Gasteiger partial charge in [-0.25, -0.2) is 0 Å². The van der Waals surface area contributed by atoms with Crippen molar-refractivity contribution in [1.29, 1.82) is 0 Å². The van der Waals surface area contributed by atoms with Crippen molar-refractivity contribution >= 4 is 10.8 Å². The first kappa shape index (κ1) is 11.3. The molecule has 0 spiro atoms. The van der Waals surface area contributed by atoms with Gasteiger partial charge in [0.25, 0.3) is 0 Å². The Morgan fingerprint density at radius 1 is 0.850 bits per heavy atom. The molecule has 4 saturated carbocycles. The van der Waals surface area contributed by atoms with E-state index < -0.39 is 0 Å². The summed E-state index contributed by atoms with van der Waals surface area (Å²) < 4.78 is 0. The minimum Gasteiger partial charge on any atom is -0.260 e. The zero-order valence-corrected chi connectivity index (χ0v) is 11.9. The number of fused-ring (bicyclic) bond motifs is 1. The van der Waals surface area contributed by atoms with Gasteiger partial charge in [0.1, 0.15) is 0 Å². The average molecular weight is 263 g/mol. The lowest BCUT2D eigenvalue weighted by Crippen LogP contribution is -2.49. The summed E-state index contributed by atoms with van der Waals surface area (Å²) in [4.78, 5) is 4.90. The molecule has 1 heterocycles. The molecule has 2 aromatic rings. The number of aromatic nitrogens is 1. The highest BCUT2D eigenvalue weighted by Gasteiger charge is 2.52. The summed E-state index contributed by atoms with van der Waals surface area (Å²) in [5.74, 6) is 2.96. The topological polar surface area (TPSA) is 12.9 Å². The van der Waals surface area contributed by atoms with Crippen molar-refractivity contribution in [1.82, 2.24) is 4.98 Å². The Hall–Kier alpha value is -1.37. The predicted octanol–water partition coefficient (Wildman–Crippen LogP) is 4.70. The van der Waals surface area contributed by atoms with Crippen molar-refractivity contribution in [3.63, 3.8) is 0 Å². The first-order chi connectivity index (χ1) is 9.82. The Morgan fingerprint density at radius 2 is 1.50 bits per heavy atom. The van der Waals surface area contributed by atoms with Gasteiger partial charge in [-0.05, 0) is 67.7 Å². The molecule has 0 radical (unpaired) electrons. The third-order valence-corrected chi connectivity index (χ3v) is 6.21. The lowest BCUT2D eigenvalue weighted by Gasteiger charge is -2.56. The molecule has 0 amide bonds. The summed E-state index contributed by atoms with van der Waals surface area (Å²) in [6, 6.07) is 11.0. The van der Waals surface area contributed by atoms with E-state index in [1.807, 2.05) is 6.20 Å². The second-order valence-corrected chi connectivity index (χ2v) is 7.58. The molecule has 0 N–H and O–H groups in total. The van der Waals surface area contributed by atoms with Crippen LogP contribution in [-0.2, 0) is 5.41 Å². The quantitative estimate of drug-likeness (QED) is 0.726. The maximum absolute atomic E-state index is 4.90. The fourth-order valence-corrected chi connectivity index (χ4v) is 5.94. The van der Waals surface area contributed by atoms with E-state index in [2.05, 4.69) is 30.3 Å². The van der Waals surface area contributed by atoms with Crippen molar-refractivity contribution in [3.05, 3.63) is 42.2 Å². The number of hydrogen-bond donors (Lipinski definition) is 0. The highest BCUT2D eigenvalue weighted by Crippen LogP contribution is 2.61. The van der Waals surface area contributed by atoms with Gasteiger partial charge in [-0.1, -0.05) is 24.3 Å². The minimum atomic E-state index is 0.412. The molecule has 0 aliphatic heterocycles. The molecule has 1 heteroatoms. The number of rotatable bonds is 1. The molecule has 6 rings (SSSR count). The maximum Gasteiger partial charge on any atom is 0.0543 e. The van der Waals surface area contributed by atoms with Crippen molar-refractivity contribution in [2.45, 2.75) is 43.9 Å². The van der Waals surface area contributed by atoms with Crippen LogP contribution in [0.5, 0.6) is 0 Å². The van der Waals surface area contributed by atoms with Crippen LogP contribution in [0.25, 0.3) is 10.8 Å². The summed E-state index contributed by atoms with van der Waals surface area (Å²) >= 11 is 0. The molecular formula is C19H21N. The molecule has 0 saturated heterocycles. The number of benzene rings is 1. The van der Waals surface area contributed by atoms with E-state index in [0.29, 0.717) is 5.41 Å². The van der Waals surface area contributed by atoms with Crippen molar-refractivity contribution in [3.8, 4) is 0 Å². The van der Waals surface area contributed by atoms with E-state index in [1.54, 1.807) is 0 Å². The van der Waals surface area contributed by atoms with Gasteiger partial charge in [-0.3, -0.25) is 4.98 Å². The molecule has 20 heavy (non-hydrogen) atoms. The largest absolute Gasteiger partial charge is 0.260 e. The van der Waals surface area contributed by atoms with E-state index in [-0.39, 0.29) is 0 Å². The minimum absolute atomic E-state index is 0.412. The molecule has 1 nitrogen and oxygen atoms in total. The van der Waals surface area contributed by atoms with Gasteiger partial charge in [-0.15, -0.1) is 0 Å². The summed E-state index contributed by atoms with van der Waals surface area (Å²) in [5, 5.41) is 2.78. The Bertz CT molecular complexity index is 632. The van der Waals surface area contributed by atoms with E-state index in [9.17, 15) is 0 Å². The van der Waals surface area contributed by atoms with Crippen LogP contribution in [0.2, 0.25) is 0 Å². The third kappa shape index (κ3) is 1.47. The van der Waals surface area contributed by atoms with Gasteiger partial charge in [-0.2, -0.15) is 0 Å². The van der Waals surface area contributed by atoms with Crippen LogP contribution in [0.4, 0.5) is 0 Å². The summed E-state index contributed by atoms with van der Waals surface area (Å²) in [5.41, 5.74) is 1.84. The average Bonchev–Trinajstić information content (AvgIpc) is 2.45. The van der Waals surface area contributed by atoms with Gasteiger partial charge in [0.2, 0.25) is 0 Å². The van der Waals surface area contributed by atoms with Gasteiger partial charge < -0.3 is 0 Å². The Morgan fingerprint density at radius 3 is 2.20 bits per heavy atom. The third-order valence-electron chi connectivity index (χ3n) is 6.21. The zero-order valence-electron chi connectivity index (χ0n) is 11.9. The molecule has 4 fully saturated rings. The zero-order chi connectivity index (χ0) is 13.2. The first-order valence-electron chi connectivity index (χ1n) is 8.17. The van der Waals surface area contributed by atoms with Crippen LogP contribution < -0.4 is 0 Å². The molecule has 4 aliphatic carbocycles. The lowest BCUT2D eigenvalue weighted by molar-refractivity contribution is -0.00643. The molecule has 4 bridgehead atoms. The van der Waals surface area contributed by atoms with E-state index >= 15 is 0 Å². The van der Waals surface area contributed by atoms with Gasteiger partial charge in [0.15, 0.2) is 0 Å². The Balaban J connectivity index is 1.71.